The van der Waals surface area contributed by atoms with Crippen LogP contribution in [-0.2, 0) is 9.59 Å². The molecular weight excluding hydrogens is 292 g/mol. The van der Waals surface area contributed by atoms with E-state index < -0.39 is 0 Å². The molecule has 2 fully saturated rings. The molecule has 2 saturated heterocycles. The minimum absolute atomic E-state index is 0.00770. The second-order valence-corrected chi connectivity index (χ2v) is 6.27. The molecule has 3 rings (SSSR count). The Morgan fingerprint density at radius 3 is 2.65 bits per heavy atom. The van der Waals surface area contributed by atoms with E-state index in [2.05, 4.69) is 41.4 Å². The fourth-order valence-corrected chi connectivity index (χ4v) is 3.16. The Hall–Kier alpha value is -2.08. The molecule has 6 heteroatoms. The molecule has 0 radical (unpaired) electrons. The van der Waals surface area contributed by atoms with Gasteiger partial charge < -0.3 is 15.1 Å². The number of rotatable bonds is 3. The summed E-state index contributed by atoms with van der Waals surface area (Å²) in [6.45, 7) is 7.35. The number of benzene rings is 1. The van der Waals surface area contributed by atoms with Gasteiger partial charge in [-0.05, 0) is 24.6 Å². The minimum Gasteiger partial charge on any atom is -0.368 e. The van der Waals surface area contributed by atoms with Crippen molar-refractivity contribution in [1.82, 2.24) is 15.1 Å². The van der Waals surface area contributed by atoms with Gasteiger partial charge in [-0.2, -0.15) is 0 Å². The smallest absolute Gasteiger partial charge is 0.236 e. The van der Waals surface area contributed by atoms with Gasteiger partial charge in [0.2, 0.25) is 11.8 Å². The summed E-state index contributed by atoms with van der Waals surface area (Å²) in [5, 5.41) is 2.78. The first-order valence-corrected chi connectivity index (χ1v) is 8.20. The van der Waals surface area contributed by atoms with Crippen LogP contribution in [0.25, 0.3) is 0 Å². The van der Waals surface area contributed by atoms with Crippen molar-refractivity contribution in [3.8, 4) is 0 Å². The Bertz CT molecular complexity index is 582. The molecule has 0 aliphatic carbocycles. The van der Waals surface area contributed by atoms with E-state index in [1.165, 1.54) is 11.3 Å². The van der Waals surface area contributed by atoms with Gasteiger partial charge in [-0.3, -0.25) is 14.5 Å². The van der Waals surface area contributed by atoms with Crippen molar-refractivity contribution in [2.45, 2.75) is 6.92 Å². The summed E-state index contributed by atoms with van der Waals surface area (Å²) < 4.78 is 0. The van der Waals surface area contributed by atoms with Crippen molar-refractivity contribution >= 4 is 17.5 Å². The monoisotopic (exact) mass is 316 g/mol. The highest BCUT2D eigenvalue weighted by molar-refractivity contribution is 5.82. The van der Waals surface area contributed by atoms with Crippen LogP contribution in [-0.4, -0.2) is 74.0 Å². The van der Waals surface area contributed by atoms with Gasteiger partial charge in [0.05, 0.1) is 13.1 Å². The maximum Gasteiger partial charge on any atom is 0.236 e. The highest BCUT2D eigenvalue weighted by Crippen LogP contribution is 2.17. The molecule has 0 atom stereocenters. The van der Waals surface area contributed by atoms with Crippen LogP contribution in [0.4, 0.5) is 5.69 Å². The molecule has 0 spiro atoms. The molecule has 0 aromatic heterocycles. The summed E-state index contributed by atoms with van der Waals surface area (Å²) in [7, 11) is 0. The fraction of sp³-hybridized carbons (Fsp3) is 0.529. The third-order valence-corrected chi connectivity index (χ3v) is 4.48. The Morgan fingerprint density at radius 1 is 1.17 bits per heavy atom. The lowest BCUT2D eigenvalue weighted by atomic mass is 10.2. The number of piperazine rings is 2. The first-order valence-electron chi connectivity index (χ1n) is 8.20. The molecule has 0 saturated carbocycles. The molecule has 6 nitrogen and oxygen atoms in total. The first kappa shape index (κ1) is 15.8. The topological polar surface area (TPSA) is 55.9 Å². The van der Waals surface area contributed by atoms with Crippen molar-refractivity contribution in [3.05, 3.63) is 29.8 Å². The van der Waals surface area contributed by atoms with Gasteiger partial charge in [0, 0.05) is 45.0 Å². The summed E-state index contributed by atoms with van der Waals surface area (Å²) in [5.74, 6) is 0.136. The third-order valence-electron chi connectivity index (χ3n) is 4.48. The van der Waals surface area contributed by atoms with Crippen molar-refractivity contribution in [1.29, 1.82) is 0 Å². The zero-order valence-corrected chi connectivity index (χ0v) is 13.6. The molecule has 1 aromatic rings. The van der Waals surface area contributed by atoms with E-state index in [9.17, 15) is 9.59 Å². The quantitative estimate of drug-likeness (QED) is 0.858. The second kappa shape index (κ2) is 7.00. The zero-order valence-electron chi connectivity index (χ0n) is 13.6. The molecular formula is C17H24N4O2. The number of nitrogens with one attached hydrogen (secondary N) is 1. The van der Waals surface area contributed by atoms with Crippen LogP contribution in [0, 0.1) is 6.92 Å². The molecule has 0 bridgehead atoms. The molecule has 124 valence electrons. The number of aryl methyl sites for hydroxylation is 1. The Morgan fingerprint density at radius 2 is 1.96 bits per heavy atom. The lowest BCUT2D eigenvalue weighted by Crippen LogP contribution is -2.54. The van der Waals surface area contributed by atoms with Crippen LogP contribution >= 0.6 is 0 Å². The van der Waals surface area contributed by atoms with E-state index in [0.29, 0.717) is 19.6 Å². The second-order valence-electron chi connectivity index (χ2n) is 6.27. The summed E-state index contributed by atoms with van der Waals surface area (Å²) in [4.78, 5) is 29.9. The standard InChI is InChI=1S/C17H24N4O2/c1-14-3-2-4-15(11-14)20-7-9-21(10-8-20)17(23)13-19-6-5-18-16(22)12-19/h2-4,11H,5-10,12-13H2,1H3,(H,18,22). The highest BCUT2D eigenvalue weighted by Gasteiger charge is 2.24. The maximum absolute atomic E-state index is 12.4. The maximum atomic E-state index is 12.4. The summed E-state index contributed by atoms with van der Waals surface area (Å²) in [6, 6.07) is 8.47. The van der Waals surface area contributed by atoms with Crippen molar-refractivity contribution in [3.63, 3.8) is 0 Å². The van der Waals surface area contributed by atoms with Crippen LogP contribution in [0.15, 0.2) is 24.3 Å². The Balaban J connectivity index is 1.50. The molecule has 2 aliphatic rings. The Labute approximate surface area is 137 Å². The molecule has 0 unspecified atom stereocenters. The average Bonchev–Trinajstić information content (AvgIpc) is 2.55. The lowest BCUT2D eigenvalue weighted by Gasteiger charge is -2.37. The number of hydrogen-bond donors (Lipinski definition) is 1. The molecule has 2 aliphatic heterocycles. The van der Waals surface area contributed by atoms with Crippen molar-refractivity contribution in [2.24, 2.45) is 0 Å². The van der Waals surface area contributed by atoms with Gasteiger partial charge >= 0.3 is 0 Å². The number of carbonyl (C=O) groups is 2. The third kappa shape index (κ3) is 4.01. The van der Waals surface area contributed by atoms with Gasteiger partial charge in [0.1, 0.15) is 0 Å². The number of nitrogens with zero attached hydrogens (tertiary/aromatic N) is 3. The van der Waals surface area contributed by atoms with Gasteiger partial charge in [0.15, 0.2) is 0 Å². The van der Waals surface area contributed by atoms with Crippen LogP contribution in [0.2, 0.25) is 0 Å². The molecule has 2 heterocycles. The van der Waals surface area contributed by atoms with Gasteiger partial charge in [0.25, 0.3) is 0 Å². The predicted molar refractivity (Wildman–Crippen MR) is 89.4 cm³/mol. The van der Waals surface area contributed by atoms with Gasteiger partial charge in [-0.15, -0.1) is 0 Å². The molecule has 23 heavy (non-hydrogen) atoms. The molecule has 1 N–H and O–H groups in total. The molecule has 2 amide bonds. The largest absolute Gasteiger partial charge is 0.368 e. The van der Waals surface area contributed by atoms with E-state index in [1.54, 1.807) is 0 Å². The fourth-order valence-electron chi connectivity index (χ4n) is 3.16. The summed E-state index contributed by atoms with van der Waals surface area (Å²) >= 11 is 0. The number of hydrogen-bond acceptors (Lipinski definition) is 4. The number of anilines is 1. The van der Waals surface area contributed by atoms with E-state index in [0.717, 1.165) is 32.7 Å². The van der Waals surface area contributed by atoms with Crippen LogP contribution in [0.5, 0.6) is 0 Å². The number of amides is 2. The average molecular weight is 316 g/mol. The minimum atomic E-state index is 0.00770. The van der Waals surface area contributed by atoms with Crippen LogP contribution < -0.4 is 10.2 Å². The van der Waals surface area contributed by atoms with Crippen molar-refractivity contribution < 1.29 is 9.59 Å². The highest BCUT2D eigenvalue weighted by atomic mass is 16.2. The van der Waals surface area contributed by atoms with Crippen LogP contribution in [0.1, 0.15) is 5.56 Å². The first-order chi connectivity index (χ1) is 11.1. The lowest BCUT2D eigenvalue weighted by molar-refractivity contribution is -0.134. The SMILES string of the molecule is Cc1cccc(N2CCN(C(=O)CN3CCNC(=O)C3)CC2)c1. The summed E-state index contributed by atoms with van der Waals surface area (Å²) in [5.41, 5.74) is 2.48. The van der Waals surface area contributed by atoms with Gasteiger partial charge in [-0.25, -0.2) is 0 Å². The number of carbonyl (C=O) groups excluding carboxylic acids is 2. The van der Waals surface area contributed by atoms with E-state index in [4.69, 9.17) is 0 Å². The van der Waals surface area contributed by atoms with E-state index in [-0.39, 0.29) is 11.8 Å². The van der Waals surface area contributed by atoms with Crippen LogP contribution in [0.3, 0.4) is 0 Å². The van der Waals surface area contributed by atoms with E-state index >= 15 is 0 Å². The van der Waals surface area contributed by atoms with Gasteiger partial charge in [-0.1, -0.05) is 12.1 Å². The predicted octanol–water partition coefficient (Wildman–Crippen LogP) is 0.0754. The van der Waals surface area contributed by atoms with Crippen molar-refractivity contribution in [2.75, 3.05) is 57.3 Å². The normalized spacial score (nSPS) is 19.6. The Kier molecular flexibility index (Phi) is 4.81. The molecule has 1 aromatic carbocycles. The summed E-state index contributed by atoms with van der Waals surface area (Å²) in [6.07, 6.45) is 0. The zero-order chi connectivity index (χ0) is 16.2. The van der Waals surface area contributed by atoms with E-state index in [1.807, 2.05) is 9.80 Å².